The number of hydrogen-bond acceptors (Lipinski definition) is 3. The molecule has 0 amide bonds. The first kappa shape index (κ1) is 12.4. The molecule has 0 saturated carbocycles. The first-order chi connectivity index (χ1) is 6.88. The molecule has 0 spiro atoms. The highest BCUT2D eigenvalue weighted by Crippen LogP contribution is 2.16. The molecule has 15 heavy (non-hydrogen) atoms. The minimum absolute atomic E-state index is 0.319. The van der Waals surface area contributed by atoms with Crippen LogP contribution in [0, 0.1) is 0 Å². The summed E-state index contributed by atoms with van der Waals surface area (Å²) in [5.41, 5.74) is 6.34. The van der Waals surface area contributed by atoms with E-state index in [1.54, 1.807) is 24.3 Å². The summed E-state index contributed by atoms with van der Waals surface area (Å²) in [5.74, 6) is -0.460. The largest absolute Gasteiger partial charge is 0.326 e. The SMILES string of the molecule is N[C@H](Cc1ccccc1Cl)CS(=O)(=O)O. The van der Waals surface area contributed by atoms with Crippen LogP contribution in [-0.2, 0) is 16.5 Å². The van der Waals surface area contributed by atoms with Crippen molar-refractivity contribution in [1.29, 1.82) is 0 Å². The lowest BCUT2D eigenvalue weighted by Gasteiger charge is -2.10. The average Bonchev–Trinajstić information content (AvgIpc) is 2.05. The Labute approximate surface area is 93.8 Å². The molecule has 0 heterocycles. The molecule has 1 rings (SSSR count). The summed E-state index contributed by atoms with van der Waals surface area (Å²) in [6.07, 6.45) is 0.319. The maximum Gasteiger partial charge on any atom is 0.266 e. The van der Waals surface area contributed by atoms with Gasteiger partial charge >= 0.3 is 0 Å². The van der Waals surface area contributed by atoms with Crippen molar-refractivity contribution in [3.05, 3.63) is 34.9 Å². The molecule has 0 bridgehead atoms. The van der Waals surface area contributed by atoms with Crippen LogP contribution in [0.4, 0.5) is 0 Å². The van der Waals surface area contributed by atoms with E-state index in [9.17, 15) is 8.42 Å². The third-order valence-electron chi connectivity index (χ3n) is 1.86. The van der Waals surface area contributed by atoms with Gasteiger partial charge in [-0.05, 0) is 18.1 Å². The second-order valence-corrected chi connectivity index (χ2v) is 5.21. The lowest BCUT2D eigenvalue weighted by molar-refractivity contribution is 0.476. The van der Waals surface area contributed by atoms with Gasteiger partial charge in [0.15, 0.2) is 0 Å². The zero-order chi connectivity index (χ0) is 11.5. The van der Waals surface area contributed by atoms with E-state index < -0.39 is 21.9 Å². The average molecular weight is 250 g/mol. The Bertz CT molecular complexity index is 433. The molecule has 84 valence electrons. The van der Waals surface area contributed by atoms with Crippen LogP contribution in [0.3, 0.4) is 0 Å². The van der Waals surface area contributed by atoms with Gasteiger partial charge in [-0.2, -0.15) is 8.42 Å². The minimum Gasteiger partial charge on any atom is -0.326 e. The summed E-state index contributed by atoms with van der Waals surface area (Å²) in [4.78, 5) is 0. The van der Waals surface area contributed by atoms with Crippen LogP contribution >= 0.6 is 11.6 Å². The second kappa shape index (κ2) is 4.94. The van der Waals surface area contributed by atoms with Gasteiger partial charge in [-0.1, -0.05) is 29.8 Å². The molecular weight excluding hydrogens is 238 g/mol. The third-order valence-corrected chi connectivity index (χ3v) is 3.08. The Hall–Kier alpha value is -0.620. The van der Waals surface area contributed by atoms with Crippen molar-refractivity contribution in [3.8, 4) is 0 Å². The van der Waals surface area contributed by atoms with Crippen LogP contribution in [0.5, 0.6) is 0 Å². The smallest absolute Gasteiger partial charge is 0.266 e. The van der Waals surface area contributed by atoms with Gasteiger partial charge in [0, 0.05) is 11.1 Å². The molecule has 0 aromatic heterocycles. The van der Waals surface area contributed by atoms with Gasteiger partial charge in [0.25, 0.3) is 10.1 Å². The summed E-state index contributed by atoms with van der Waals surface area (Å²) in [6, 6.07) is 6.39. The molecule has 0 fully saturated rings. The van der Waals surface area contributed by atoms with Crippen molar-refractivity contribution in [3.63, 3.8) is 0 Å². The zero-order valence-corrected chi connectivity index (χ0v) is 9.50. The topological polar surface area (TPSA) is 80.4 Å². The van der Waals surface area contributed by atoms with Gasteiger partial charge in [0.1, 0.15) is 0 Å². The quantitative estimate of drug-likeness (QED) is 0.783. The number of benzene rings is 1. The fourth-order valence-corrected chi connectivity index (χ4v) is 2.15. The Kier molecular flexibility index (Phi) is 4.10. The van der Waals surface area contributed by atoms with Crippen molar-refractivity contribution < 1.29 is 13.0 Å². The minimum atomic E-state index is -4.02. The van der Waals surface area contributed by atoms with Crippen LogP contribution < -0.4 is 5.73 Å². The fraction of sp³-hybridized carbons (Fsp3) is 0.333. The van der Waals surface area contributed by atoms with Crippen molar-refractivity contribution in [2.75, 3.05) is 5.75 Å². The van der Waals surface area contributed by atoms with Gasteiger partial charge in [-0.25, -0.2) is 0 Å². The Morgan fingerprint density at radius 3 is 2.53 bits per heavy atom. The Balaban J connectivity index is 2.67. The lowest BCUT2D eigenvalue weighted by atomic mass is 10.1. The van der Waals surface area contributed by atoms with E-state index in [1.165, 1.54) is 0 Å². The third kappa shape index (κ3) is 4.61. The maximum atomic E-state index is 10.6. The van der Waals surface area contributed by atoms with Crippen molar-refractivity contribution in [2.45, 2.75) is 12.5 Å². The van der Waals surface area contributed by atoms with E-state index in [4.69, 9.17) is 21.9 Å². The van der Waals surface area contributed by atoms with Gasteiger partial charge in [0.2, 0.25) is 0 Å². The predicted molar refractivity (Wildman–Crippen MR) is 59.5 cm³/mol. The van der Waals surface area contributed by atoms with E-state index in [0.29, 0.717) is 11.4 Å². The molecule has 0 radical (unpaired) electrons. The summed E-state index contributed by atoms with van der Waals surface area (Å²) in [7, 11) is -4.02. The molecule has 4 nitrogen and oxygen atoms in total. The number of rotatable bonds is 4. The first-order valence-electron chi connectivity index (χ1n) is 4.32. The Morgan fingerprint density at radius 2 is 2.00 bits per heavy atom. The van der Waals surface area contributed by atoms with Crippen molar-refractivity contribution >= 4 is 21.7 Å². The molecule has 0 aliphatic heterocycles. The summed E-state index contributed by atoms with van der Waals surface area (Å²) in [6.45, 7) is 0. The predicted octanol–water partition coefficient (Wildman–Crippen LogP) is 1.10. The highest BCUT2D eigenvalue weighted by molar-refractivity contribution is 7.85. The molecular formula is C9H12ClNO3S. The Morgan fingerprint density at radius 1 is 1.40 bits per heavy atom. The van der Waals surface area contributed by atoms with E-state index >= 15 is 0 Å². The normalized spacial score (nSPS) is 13.8. The van der Waals surface area contributed by atoms with Crippen LogP contribution in [0.1, 0.15) is 5.56 Å². The van der Waals surface area contributed by atoms with Crippen molar-refractivity contribution in [1.82, 2.24) is 0 Å². The lowest BCUT2D eigenvalue weighted by Crippen LogP contribution is -2.31. The molecule has 6 heteroatoms. The molecule has 0 aliphatic rings. The monoisotopic (exact) mass is 249 g/mol. The van der Waals surface area contributed by atoms with Gasteiger partial charge < -0.3 is 5.73 Å². The maximum absolute atomic E-state index is 10.6. The van der Waals surface area contributed by atoms with E-state index in [-0.39, 0.29) is 0 Å². The van der Waals surface area contributed by atoms with E-state index in [1.807, 2.05) is 0 Å². The molecule has 1 aromatic carbocycles. The molecule has 0 unspecified atom stereocenters. The van der Waals surface area contributed by atoms with Crippen LogP contribution in [0.15, 0.2) is 24.3 Å². The fourth-order valence-electron chi connectivity index (χ4n) is 1.28. The van der Waals surface area contributed by atoms with Gasteiger partial charge in [-0.3, -0.25) is 4.55 Å². The van der Waals surface area contributed by atoms with Crippen molar-refractivity contribution in [2.24, 2.45) is 5.73 Å². The molecule has 0 aliphatic carbocycles. The standard InChI is InChI=1S/C9H12ClNO3S/c10-9-4-2-1-3-7(9)5-8(11)6-15(12,13)14/h1-4,8H,5-6,11H2,(H,12,13,14)/t8-/m1/s1. The van der Waals surface area contributed by atoms with E-state index in [0.717, 1.165) is 5.56 Å². The summed E-state index contributed by atoms with van der Waals surface area (Å²) >= 11 is 5.87. The molecule has 0 saturated heterocycles. The first-order valence-corrected chi connectivity index (χ1v) is 6.31. The highest BCUT2D eigenvalue weighted by atomic mass is 35.5. The number of halogens is 1. The summed E-state index contributed by atoms with van der Waals surface area (Å²) < 4.78 is 29.7. The zero-order valence-electron chi connectivity index (χ0n) is 7.93. The van der Waals surface area contributed by atoms with Crippen LogP contribution in [0.2, 0.25) is 5.02 Å². The van der Waals surface area contributed by atoms with Gasteiger partial charge in [0.05, 0.1) is 5.75 Å². The number of nitrogens with two attached hydrogens (primary N) is 1. The number of hydrogen-bond donors (Lipinski definition) is 2. The molecule has 1 atom stereocenters. The highest BCUT2D eigenvalue weighted by Gasteiger charge is 2.14. The van der Waals surface area contributed by atoms with Crippen LogP contribution in [0.25, 0.3) is 0 Å². The molecule has 3 N–H and O–H groups in total. The molecule has 1 aromatic rings. The summed E-state index contributed by atoms with van der Waals surface area (Å²) in [5, 5.41) is 0.545. The van der Waals surface area contributed by atoms with E-state index in [2.05, 4.69) is 0 Å². The van der Waals surface area contributed by atoms with Gasteiger partial charge in [-0.15, -0.1) is 0 Å². The van der Waals surface area contributed by atoms with Crippen LogP contribution in [-0.4, -0.2) is 24.8 Å². The second-order valence-electron chi connectivity index (χ2n) is 3.30.